The molecule has 3 aromatic rings. The van der Waals surface area contributed by atoms with E-state index in [2.05, 4.69) is 36.3 Å². The lowest BCUT2D eigenvalue weighted by molar-refractivity contribution is 0.606. The number of hydrogen-bond donors (Lipinski definition) is 1. The molecule has 0 aliphatic heterocycles. The Balaban J connectivity index is 1.69. The van der Waals surface area contributed by atoms with E-state index in [1.165, 1.54) is 0 Å². The molecule has 130 valence electrons. The van der Waals surface area contributed by atoms with E-state index in [0.717, 1.165) is 40.0 Å². The standard InChI is InChI=1S/C25H17FS/c26-25-22(11-7-19-8-16-23(27)17-9-19)15-14-20(24(25)21-12-13-21)10-6-18-4-2-1-3-5-18/h1-5,8-9,14-17,21,27H,12-13H2. The van der Waals surface area contributed by atoms with Gasteiger partial charge in [-0.3, -0.25) is 0 Å². The summed E-state index contributed by atoms with van der Waals surface area (Å²) in [5.74, 6) is 12.3. The predicted molar refractivity (Wildman–Crippen MR) is 110 cm³/mol. The van der Waals surface area contributed by atoms with Crippen LogP contribution in [-0.2, 0) is 0 Å². The largest absolute Gasteiger partial charge is 0.205 e. The zero-order chi connectivity index (χ0) is 18.6. The summed E-state index contributed by atoms with van der Waals surface area (Å²) in [7, 11) is 0. The fourth-order valence-corrected chi connectivity index (χ4v) is 3.06. The van der Waals surface area contributed by atoms with Gasteiger partial charge in [-0.05, 0) is 67.3 Å². The molecule has 0 spiro atoms. The van der Waals surface area contributed by atoms with Crippen LogP contribution in [0, 0.1) is 29.5 Å². The van der Waals surface area contributed by atoms with Gasteiger partial charge in [0.15, 0.2) is 0 Å². The molecule has 2 heteroatoms. The van der Waals surface area contributed by atoms with E-state index in [4.69, 9.17) is 0 Å². The summed E-state index contributed by atoms with van der Waals surface area (Å²) < 4.78 is 15.1. The van der Waals surface area contributed by atoms with Crippen molar-refractivity contribution in [2.75, 3.05) is 0 Å². The van der Waals surface area contributed by atoms with Crippen molar-refractivity contribution < 1.29 is 4.39 Å². The van der Waals surface area contributed by atoms with E-state index in [1.807, 2.05) is 60.7 Å². The number of benzene rings is 3. The highest BCUT2D eigenvalue weighted by Crippen LogP contribution is 2.43. The van der Waals surface area contributed by atoms with Crippen molar-refractivity contribution in [3.8, 4) is 23.7 Å². The SMILES string of the molecule is Fc1c(C#Cc2ccc(S)cc2)ccc(C#Cc2ccccc2)c1C1CC1. The Bertz CT molecular complexity index is 1090. The van der Waals surface area contributed by atoms with Gasteiger partial charge in [-0.15, -0.1) is 12.6 Å². The molecule has 0 atom stereocenters. The minimum absolute atomic E-state index is 0.226. The van der Waals surface area contributed by atoms with Crippen molar-refractivity contribution >= 4 is 12.6 Å². The lowest BCUT2D eigenvalue weighted by Gasteiger charge is -2.06. The summed E-state index contributed by atoms with van der Waals surface area (Å²) in [6.07, 6.45) is 2.02. The fourth-order valence-electron chi connectivity index (χ4n) is 2.91. The molecule has 3 aromatic carbocycles. The van der Waals surface area contributed by atoms with Crippen molar-refractivity contribution in [3.05, 3.63) is 100 Å². The van der Waals surface area contributed by atoms with Crippen molar-refractivity contribution in [2.24, 2.45) is 0 Å². The maximum atomic E-state index is 15.1. The minimum atomic E-state index is -0.226. The highest BCUT2D eigenvalue weighted by Gasteiger charge is 2.29. The monoisotopic (exact) mass is 368 g/mol. The van der Waals surface area contributed by atoms with Crippen LogP contribution in [0.3, 0.4) is 0 Å². The van der Waals surface area contributed by atoms with E-state index in [-0.39, 0.29) is 11.7 Å². The second-order valence-corrected chi connectivity index (χ2v) is 7.09. The molecular formula is C25H17FS. The molecule has 0 radical (unpaired) electrons. The smallest absolute Gasteiger partial charge is 0.143 e. The average Bonchev–Trinajstić information content (AvgIpc) is 3.52. The molecule has 0 nitrogen and oxygen atoms in total. The fraction of sp³-hybridized carbons (Fsp3) is 0.120. The quantitative estimate of drug-likeness (QED) is 0.408. The predicted octanol–water partition coefficient (Wildman–Crippen LogP) is 5.79. The highest BCUT2D eigenvalue weighted by atomic mass is 32.1. The first-order chi connectivity index (χ1) is 13.2. The Morgan fingerprint density at radius 2 is 1.30 bits per heavy atom. The molecule has 0 N–H and O–H groups in total. The summed E-state index contributed by atoms with van der Waals surface area (Å²) in [5, 5.41) is 0. The van der Waals surface area contributed by atoms with Gasteiger partial charge in [0.25, 0.3) is 0 Å². The molecule has 27 heavy (non-hydrogen) atoms. The highest BCUT2D eigenvalue weighted by molar-refractivity contribution is 7.80. The Hall–Kier alpha value is -2.94. The first-order valence-electron chi connectivity index (χ1n) is 8.91. The van der Waals surface area contributed by atoms with Gasteiger partial charge >= 0.3 is 0 Å². The minimum Gasteiger partial charge on any atom is -0.205 e. The van der Waals surface area contributed by atoms with Gasteiger partial charge in [0, 0.05) is 27.1 Å². The third-order valence-corrected chi connectivity index (χ3v) is 4.79. The maximum absolute atomic E-state index is 15.1. The molecule has 0 bridgehead atoms. The Labute approximate surface area is 164 Å². The summed E-state index contributed by atoms with van der Waals surface area (Å²) in [6, 6.07) is 20.9. The molecule has 1 saturated carbocycles. The Kier molecular flexibility index (Phi) is 5.01. The molecule has 0 amide bonds. The first-order valence-corrected chi connectivity index (χ1v) is 9.36. The van der Waals surface area contributed by atoms with Gasteiger partial charge in [0.2, 0.25) is 0 Å². The molecule has 1 aliphatic rings. The van der Waals surface area contributed by atoms with E-state index in [9.17, 15) is 0 Å². The van der Waals surface area contributed by atoms with Crippen LogP contribution in [0.1, 0.15) is 46.6 Å². The summed E-state index contributed by atoms with van der Waals surface area (Å²) >= 11 is 4.27. The number of thiol groups is 1. The van der Waals surface area contributed by atoms with Gasteiger partial charge in [-0.25, -0.2) is 4.39 Å². The van der Waals surface area contributed by atoms with Crippen molar-refractivity contribution in [1.29, 1.82) is 0 Å². The zero-order valence-corrected chi connectivity index (χ0v) is 15.6. The first kappa shape index (κ1) is 17.5. The van der Waals surface area contributed by atoms with Gasteiger partial charge in [0.05, 0.1) is 5.56 Å². The van der Waals surface area contributed by atoms with Gasteiger partial charge in [-0.2, -0.15) is 0 Å². The van der Waals surface area contributed by atoms with E-state index >= 15 is 4.39 Å². The lowest BCUT2D eigenvalue weighted by Crippen LogP contribution is -1.97. The second kappa shape index (κ2) is 7.75. The molecule has 0 aromatic heterocycles. The molecule has 1 fully saturated rings. The van der Waals surface area contributed by atoms with E-state index in [1.54, 1.807) is 6.07 Å². The number of rotatable bonds is 1. The van der Waals surface area contributed by atoms with Crippen LogP contribution in [0.2, 0.25) is 0 Å². The van der Waals surface area contributed by atoms with Crippen LogP contribution in [0.4, 0.5) is 4.39 Å². The second-order valence-electron chi connectivity index (χ2n) is 6.58. The van der Waals surface area contributed by atoms with Gasteiger partial charge < -0.3 is 0 Å². The van der Waals surface area contributed by atoms with Crippen LogP contribution in [0.25, 0.3) is 0 Å². The van der Waals surface area contributed by atoms with Crippen LogP contribution >= 0.6 is 12.6 Å². The lowest BCUT2D eigenvalue weighted by atomic mass is 9.98. The summed E-state index contributed by atoms with van der Waals surface area (Å²) in [5.41, 5.74) is 3.68. The molecular weight excluding hydrogens is 351 g/mol. The molecule has 0 saturated heterocycles. The molecule has 4 rings (SSSR count). The van der Waals surface area contributed by atoms with Gasteiger partial charge in [-0.1, -0.05) is 41.9 Å². The Morgan fingerprint density at radius 1 is 0.704 bits per heavy atom. The van der Waals surface area contributed by atoms with Crippen LogP contribution < -0.4 is 0 Å². The van der Waals surface area contributed by atoms with Crippen LogP contribution in [0.15, 0.2) is 71.6 Å². The van der Waals surface area contributed by atoms with E-state index < -0.39 is 0 Å². The topological polar surface area (TPSA) is 0 Å². The summed E-state index contributed by atoms with van der Waals surface area (Å²) in [4.78, 5) is 0.879. The van der Waals surface area contributed by atoms with Crippen LogP contribution in [-0.4, -0.2) is 0 Å². The number of hydrogen-bond acceptors (Lipinski definition) is 1. The zero-order valence-electron chi connectivity index (χ0n) is 14.7. The van der Waals surface area contributed by atoms with Crippen molar-refractivity contribution in [3.63, 3.8) is 0 Å². The third-order valence-electron chi connectivity index (χ3n) is 4.49. The normalized spacial score (nSPS) is 12.5. The molecule has 0 heterocycles. The summed E-state index contributed by atoms with van der Waals surface area (Å²) in [6.45, 7) is 0. The molecule has 1 aliphatic carbocycles. The van der Waals surface area contributed by atoms with Crippen molar-refractivity contribution in [1.82, 2.24) is 0 Å². The van der Waals surface area contributed by atoms with Crippen molar-refractivity contribution in [2.45, 2.75) is 23.7 Å². The Morgan fingerprint density at radius 3 is 1.96 bits per heavy atom. The van der Waals surface area contributed by atoms with E-state index in [0.29, 0.717) is 5.56 Å². The maximum Gasteiger partial charge on any atom is 0.143 e. The molecule has 0 unspecified atom stereocenters. The van der Waals surface area contributed by atoms with Crippen LogP contribution in [0.5, 0.6) is 0 Å². The van der Waals surface area contributed by atoms with Gasteiger partial charge in [0.1, 0.15) is 5.82 Å². The third kappa shape index (κ3) is 4.25. The number of halogens is 1. The average molecular weight is 368 g/mol.